The summed E-state index contributed by atoms with van der Waals surface area (Å²) in [5.74, 6) is 1.73. The lowest BCUT2D eigenvalue weighted by molar-refractivity contribution is 0.120. The van der Waals surface area contributed by atoms with Crippen molar-refractivity contribution in [2.75, 3.05) is 18.1 Å². The fourth-order valence-electron chi connectivity index (χ4n) is 1.42. The Morgan fingerprint density at radius 1 is 1.40 bits per heavy atom. The maximum absolute atomic E-state index is 11.9. The molecule has 2 atom stereocenters. The van der Waals surface area contributed by atoms with E-state index in [1.54, 1.807) is 11.8 Å². The number of ether oxygens (including phenoxy) is 1. The van der Waals surface area contributed by atoms with Crippen molar-refractivity contribution < 1.29 is 8.95 Å². The van der Waals surface area contributed by atoms with Crippen molar-refractivity contribution in [1.29, 1.82) is 0 Å². The van der Waals surface area contributed by atoms with Gasteiger partial charge in [-0.3, -0.25) is 4.21 Å². The van der Waals surface area contributed by atoms with E-state index in [2.05, 4.69) is 0 Å². The van der Waals surface area contributed by atoms with Gasteiger partial charge in [0.15, 0.2) is 0 Å². The highest BCUT2D eigenvalue weighted by Gasteiger charge is 2.17. The van der Waals surface area contributed by atoms with Crippen LogP contribution >= 0.6 is 11.8 Å². The smallest absolute Gasteiger partial charge is 0.115 e. The minimum absolute atomic E-state index is 0.111. The highest BCUT2D eigenvalue weighted by Crippen LogP contribution is 2.21. The van der Waals surface area contributed by atoms with Gasteiger partial charge in [-0.2, -0.15) is 0 Å². The van der Waals surface area contributed by atoms with Gasteiger partial charge in [-0.05, 0) is 24.3 Å². The Bertz CT molecular complexity index is 321. The topological polar surface area (TPSA) is 26.3 Å². The monoisotopic (exact) mass is 242 g/mol. The highest BCUT2D eigenvalue weighted by molar-refractivity contribution is 8.00. The molecule has 0 radical (unpaired) electrons. The summed E-state index contributed by atoms with van der Waals surface area (Å²) in [5, 5.41) is 0. The number of rotatable bonds is 3. The van der Waals surface area contributed by atoms with Gasteiger partial charge in [0.25, 0.3) is 0 Å². The molecule has 15 heavy (non-hydrogen) atoms. The van der Waals surface area contributed by atoms with E-state index in [1.165, 1.54) is 0 Å². The Morgan fingerprint density at radius 3 is 2.87 bits per heavy atom. The third kappa shape index (κ3) is 3.33. The first-order valence-electron chi connectivity index (χ1n) is 5.03. The van der Waals surface area contributed by atoms with Gasteiger partial charge >= 0.3 is 0 Å². The summed E-state index contributed by atoms with van der Waals surface area (Å²) in [5.41, 5.74) is 0.111. The minimum Gasteiger partial charge on any atom is -0.367 e. The maximum atomic E-state index is 11.9. The Morgan fingerprint density at radius 2 is 2.20 bits per heavy atom. The maximum Gasteiger partial charge on any atom is 0.115 e. The summed E-state index contributed by atoms with van der Waals surface area (Å²) in [6, 6.07) is 9.59. The molecule has 1 aromatic carbocycles. The Balaban J connectivity index is 1.91. The van der Waals surface area contributed by atoms with Crippen LogP contribution in [0, 0.1) is 0 Å². The van der Waals surface area contributed by atoms with Crippen LogP contribution in [-0.4, -0.2) is 27.8 Å². The first-order chi connectivity index (χ1) is 7.36. The van der Waals surface area contributed by atoms with E-state index in [0.717, 1.165) is 23.7 Å². The molecule has 0 saturated carbocycles. The summed E-state index contributed by atoms with van der Waals surface area (Å²) in [6.07, 6.45) is 1.11. The molecule has 2 rings (SSSR count). The normalized spacial score (nSPS) is 23.6. The molecule has 1 fully saturated rings. The van der Waals surface area contributed by atoms with E-state index in [4.69, 9.17) is 4.74 Å². The standard InChI is InChI=1S/C11H14O2S2/c12-15(10-5-2-1-3-6-10)9-11-13-7-4-8-14-11/h1-3,5-6,11H,4,7-9H2. The molecule has 0 N–H and O–H groups in total. The van der Waals surface area contributed by atoms with Gasteiger partial charge in [-0.15, -0.1) is 11.8 Å². The van der Waals surface area contributed by atoms with Crippen LogP contribution in [0.5, 0.6) is 0 Å². The molecule has 1 heterocycles. The molecule has 1 aliphatic rings. The van der Waals surface area contributed by atoms with Crippen molar-refractivity contribution in [3.8, 4) is 0 Å². The summed E-state index contributed by atoms with van der Waals surface area (Å²) in [6.45, 7) is 0.809. The molecule has 0 amide bonds. The van der Waals surface area contributed by atoms with E-state index in [1.807, 2.05) is 30.3 Å². The van der Waals surface area contributed by atoms with Crippen molar-refractivity contribution in [3.63, 3.8) is 0 Å². The molecule has 1 aromatic rings. The second kappa shape index (κ2) is 5.68. The van der Waals surface area contributed by atoms with Gasteiger partial charge in [-0.25, -0.2) is 0 Å². The number of thioether (sulfide) groups is 1. The van der Waals surface area contributed by atoms with Gasteiger partial charge in [0, 0.05) is 11.5 Å². The minimum atomic E-state index is -0.927. The lowest BCUT2D eigenvalue weighted by Crippen LogP contribution is -2.22. The van der Waals surface area contributed by atoms with Crippen LogP contribution in [0.15, 0.2) is 35.2 Å². The van der Waals surface area contributed by atoms with Crippen LogP contribution in [-0.2, 0) is 15.5 Å². The first-order valence-corrected chi connectivity index (χ1v) is 7.39. The van der Waals surface area contributed by atoms with E-state index >= 15 is 0 Å². The molecule has 2 unspecified atom stereocenters. The van der Waals surface area contributed by atoms with Gasteiger partial charge in [0.1, 0.15) is 5.44 Å². The average molecular weight is 242 g/mol. The number of hydrogen-bond donors (Lipinski definition) is 0. The third-order valence-corrected chi connectivity index (χ3v) is 5.00. The van der Waals surface area contributed by atoms with Crippen molar-refractivity contribution in [1.82, 2.24) is 0 Å². The first kappa shape index (κ1) is 11.2. The average Bonchev–Trinajstić information content (AvgIpc) is 2.31. The molecule has 0 aliphatic carbocycles. The SMILES string of the molecule is O=S(CC1OCCCS1)c1ccccc1. The van der Waals surface area contributed by atoms with Crippen LogP contribution in [0.4, 0.5) is 0 Å². The molecule has 0 aromatic heterocycles. The Kier molecular flexibility index (Phi) is 4.23. The number of benzene rings is 1. The zero-order valence-corrected chi connectivity index (χ0v) is 10.1. The molecule has 82 valence electrons. The third-order valence-electron chi connectivity index (χ3n) is 2.19. The van der Waals surface area contributed by atoms with E-state index in [0.29, 0.717) is 5.75 Å². The van der Waals surface area contributed by atoms with Gasteiger partial charge in [0.2, 0.25) is 0 Å². The van der Waals surface area contributed by atoms with Crippen LogP contribution in [0.3, 0.4) is 0 Å². The summed E-state index contributed by atoms with van der Waals surface area (Å²) in [7, 11) is -0.927. The summed E-state index contributed by atoms with van der Waals surface area (Å²) < 4.78 is 17.5. The van der Waals surface area contributed by atoms with E-state index in [9.17, 15) is 4.21 Å². The molecule has 2 nitrogen and oxygen atoms in total. The van der Waals surface area contributed by atoms with Gasteiger partial charge < -0.3 is 4.74 Å². The van der Waals surface area contributed by atoms with Crippen LogP contribution in [0.2, 0.25) is 0 Å². The van der Waals surface area contributed by atoms with Crippen LogP contribution < -0.4 is 0 Å². The van der Waals surface area contributed by atoms with Crippen molar-refractivity contribution in [2.24, 2.45) is 0 Å². The molecular weight excluding hydrogens is 228 g/mol. The molecule has 4 heteroatoms. The van der Waals surface area contributed by atoms with Crippen molar-refractivity contribution in [3.05, 3.63) is 30.3 Å². The molecule has 0 spiro atoms. The fourth-order valence-corrected chi connectivity index (χ4v) is 3.92. The second-order valence-electron chi connectivity index (χ2n) is 3.35. The fraction of sp³-hybridized carbons (Fsp3) is 0.455. The summed E-state index contributed by atoms with van der Waals surface area (Å²) >= 11 is 1.77. The lowest BCUT2D eigenvalue weighted by Gasteiger charge is -2.21. The van der Waals surface area contributed by atoms with Crippen LogP contribution in [0.25, 0.3) is 0 Å². The lowest BCUT2D eigenvalue weighted by atomic mass is 10.4. The Hall–Kier alpha value is -0.320. The molecule has 1 aliphatic heterocycles. The molecule has 0 bridgehead atoms. The van der Waals surface area contributed by atoms with E-state index in [-0.39, 0.29) is 5.44 Å². The van der Waals surface area contributed by atoms with Crippen molar-refractivity contribution in [2.45, 2.75) is 16.8 Å². The molecular formula is C11H14O2S2. The van der Waals surface area contributed by atoms with Crippen LogP contribution in [0.1, 0.15) is 6.42 Å². The Labute approximate surface area is 96.9 Å². The van der Waals surface area contributed by atoms with Gasteiger partial charge in [-0.1, -0.05) is 18.2 Å². The molecule has 1 saturated heterocycles. The predicted octanol–water partition coefficient (Wildman–Crippen LogP) is 2.27. The zero-order valence-electron chi connectivity index (χ0n) is 8.43. The van der Waals surface area contributed by atoms with Crippen molar-refractivity contribution >= 4 is 22.6 Å². The summed E-state index contributed by atoms with van der Waals surface area (Å²) in [4.78, 5) is 0.896. The predicted molar refractivity (Wildman–Crippen MR) is 64.5 cm³/mol. The largest absolute Gasteiger partial charge is 0.367 e. The highest BCUT2D eigenvalue weighted by atomic mass is 32.2. The quantitative estimate of drug-likeness (QED) is 0.813. The second-order valence-corrected chi connectivity index (χ2v) is 6.11. The van der Waals surface area contributed by atoms with Gasteiger partial charge in [0.05, 0.1) is 16.6 Å². The van der Waals surface area contributed by atoms with E-state index < -0.39 is 10.8 Å². The zero-order chi connectivity index (χ0) is 10.5. The number of hydrogen-bond acceptors (Lipinski definition) is 3.